The summed E-state index contributed by atoms with van der Waals surface area (Å²) < 4.78 is 1.06. The van der Waals surface area contributed by atoms with Crippen LogP contribution in [-0.4, -0.2) is 19.0 Å². The normalized spacial score (nSPS) is 15.1. The van der Waals surface area contributed by atoms with Crippen LogP contribution in [0.1, 0.15) is 19.3 Å². The van der Waals surface area contributed by atoms with Crippen LogP contribution in [0.5, 0.6) is 0 Å². The molecule has 1 amide bonds. The minimum absolute atomic E-state index is 0.215. The minimum Gasteiger partial charge on any atom is -0.383 e. The molecule has 92 valence electrons. The lowest BCUT2D eigenvalue weighted by atomic mass is 9.85. The van der Waals surface area contributed by atoms with Crippen LogP contribution in [0, 0.1) is 5.92 Å². The van der Waals surface area contributed by atoms with Crippen molar-refractivity contribution in [2.45, 2.75) is 19.3 Å². The third kappa shape index (κ3) is 3.73. The molecule has 0 aromatic heterocycles. The second-order valence-corrected chi connectivity index (χ2v) is 5.27. The number of anilines is 1. The Balaban J connectivity index is 1.64. The third-order valence-electron chi connectivity index (χ3n) is 3.05. The molecule has 0 unspecified atom stereocenters. The molecule has 1 fully saturated rings. The molecule has 0 radical (unpaired) electrons. The van der Waals surface area contributed by atoms with E-state index in [0.717, 1.165) is 29.5 Å². The number of carbonyl (C=O) groups is 1. The molecular weight excluding hydrogens is 280 g/mol. The molecule has 1 aliphatic carbocycles. The Kier molecular flexibility index (Phi) is 4.42. The topological polar surface area (TPSA) is 41.1 Å². The Morgan fingerprint density at radius 1 is 1.35 bits per heavy atom. The maximum Gasteiger partial charge on any atom is 0.223 e. The van der Waals surface area contributed by atoms with Gasteiger partial charge in [0.15, 0.2) is 0 Å². The van der Waals surface area contributed by atoms with Gasteiger partial charge in [0, 0.05) is 29.2 Å². The lowest BCUT2D eigenvalue weighted by molar-refractivity contribution is -0.127. The SMILES string of the molecule is O=C(NCCNc1cccc(Br)c1)C1CCC1. The molecule has 0 bridgehead atoms. The first-order chi connectivity index (χ1) is 8.25. The van der Waals surface area contributed by atoms with Crippen molar-refractivity contribution >= 4 is 27.5 Å². The molecule has 1 aliphatic rings. The molecule has 0 heterocycles. The molecule has 0 atom stereocenters. The van der Waals surface area contributed by atoms with Crippen molar-refractivity contribution in [2.24, 2.45) is 5.92 Å². The van der Waals surface area contributed by atoms with Gasteiger partial charge in [0.05, 0.1) is 0 Å². The average Bonchev–Trinajstić information content (AvgIpc) is 2.22. The largest absolute Gasteiger partial charge is 0.383 e. The molecule has 0 aliphatic heterocycles. The number of benzene rings is 1. The number of amides is 1. The first-order valence-corrected chi connectivity index (χ1v) is 6.82. The monoisotopic (exact) mass is 296 g/mol. The molecule has 2 rings (SSSR count). The van der Waals surface area contributed by atoms with E-state index in [-0.39, 0.29) is 11.8 Å². The zero-order valence-electron chi connectivity index (χ0n) is 9.71. The van der Waals surface area contributed by atoms with Gasteiger partial charge in [-0.3, -0.25) is 4.79 Å². The van der Waals surface area contributed by atoms with Crippen LogP contribution < -0.4 is 10.6 Å². The minimum atomic E-state index is 0.215. The van der Waals surface area contributed by atoms with Gasteiger partial charge in [0.1, 0.15) is 0 Å². The van der Waals surface area contributed by atoms with E-state index >= 15 is 0 Å². The summed E-state index contributed by atoms with van der Waals surface area (Å²) in [5.41, 5.74) is 1.07. The predicted octanol–water partition coefficient (Wildman–Crippen LogP) is 2.78. The van der Waals surface area contributed by atoms with Gasteiger partial charge in [-0.2, -0.15) is 0 Å². The number of carbonyl (C=O) groups excluding carboxylic acids is 1. The third-order valence-corrected chi connectivity index (χ3v) is 3.55. The van der Waals surface area contributed by atoms with Crippen LogP contribution in [0.4, 0.5) is 5.69 Å². The van der Waals surface area contributed by atoms with Crippen LogP contribution in [0.25, 0.3) is 0 Å². The van der Waals surface area contributed by atoms with Crippen LogP contribution in [0.15, 0.2) is 28.7 Å². The fraction of sp³-hybridized carbons (Fsp3) is 0.462. The molecule has 4 heteroatoms. The molecule has 0 spiro atoms. The summed E-state index contributed by atoms with van der Waals surface area (Å²) in [6.45, 7) is 1.44. The Bertz CT molecular complexity index is 391. The first-order valence-electron chi connectivity index (χ1n) is 6.03. The highest BCUT2D eigenvalue weighted by atomic mass is 79.9. The highest BCUT2D eigenvalue weighted by molar-refractivity contribution is 9.10. The van der Waals surface area contributed by atoms with Crippen LogP contribution >= 0.6 is 15.9 Å². The Morgan fingerprint density at radius 2 is 2.18 bits per heavy atom. The van der Waals surface area contributed by atoms with Gasteiger partial charge in [-0.05, 0) is 31.0 Å². The Hall–Kier alpha value is -1.03. The van der Waals surface area contributed by atoms with Crippen molar-refractivity contribution in [2.75, 3.05) is 18.4 Å². The van der Waals surface area contributed by atoms with E-state index in [1.807, 2.05) is 24.3 Å². The molecule has 1 aromatic rings. The smallest absolute Gasteiger partial charge is 0.223 e. The zero-order chi connectivity index (χ0) is 12.1. The maximum atomic E-state index is 11.5. The maximum absolute atomic E-state index is 11.5. The average molecular weight is 297 g/mol. The Morgan fingerprint density at radius 3 is 2.82 bits per heavy atom. The fourth-order valence-corrected chi connectivity index (χ4v) is 2.20. The van der Waals surface area contributed by atoms with E-state index in [0.29, 0.717) is 6.54 Å². The standard InChI is InChI=1S/C13H17BrN2O/c14-11-5-2-6-12(9-11)15-7-8-16-13(17)10-3-1-4-10/h2,5-6,9-10,15H,1,3-4,7-8H2,(H,16,17). The quantitative estimate of drug-likeness (QED) is 0.821. The molecule has 3 nitrogen and oxygen atoms in total. The summed E-state index contributed by atoms with van der Waals surface area (Å²) in [4.78, 5) is 11.5. The number of hydrogen-bond donors (Lipinski definition) is 2. The van der Waals surface area contributed by atoms with E-state index in [1.165, 1.54) is 6.42 Å². The molecule has 2 N–H and O–H groups in total. The summed E-state index contributed by atoms with van der Waals surface area (Å²) in [7, 11) is 0. The second kappa shape index (κ2) is 6.05. The predicted molar refractivity (Wildman–Crippen MR) is 73.0 cm³/mol. The van der Waals surface area contributed by atoms with Crippen molar-refractivity contribution in [3.05, 3.63) is 28.7 Å². The zero-order valence-corrected chi connectivity index (χ0v) is 11.3. The van der Waals surface area contributed by atoms with Gasteiger partial charge in [-0.15, -0.1) is 0 Å². The fourth-order valence-electron chi connectivity index (χ4n) is 1.81. The molecule has 0 saturated heterocycles. The van der Waals surface area contributed by atoms with Crippen molar-refractivity contribution < 1.29 is 4.79 Å². The van der Waals surface area contributed by atoms with E-state index in [4.69, 9.17) is 0 Å². The summed E-state index contributed by atoms with van der Waals surface area (Å²) >= 11 is 3.42. The highest BCUT2D eigenvalue weighted by Gasteiger charge is 2.24. The van der Waals surface area contributed by atoms with Gasteiger partial charge >= 0.3 is 0 Å². The van der Waals surface area contributed by atoms with Crippen LogP contribution in [-0.2, 0) is 4.79 Å². The van der Waals surface area contributed by atoms with E-state index in [1.54, 1.807) is 0 Å². The van der Waals surface area contributed by atoms with E-state index < -0.39 is 0 Å². The highest BCUT2D eigenvalue weighted by Crippen LogP contribution is 2.25. The molecule has 17 heavy (non-hydrogen) atoms. The van der Waals surface area contributed by atoms with Gasteiger partial charge in [-0.1, -0.05) is 28.4 Å². The van der Waals surface area contributed by atoms with Crippen molar-refractivity contribution in [3.63, 3.8) is 0 Å². The molecule has 1 saturated carbocycles. The molecular formula is C13H17BrN2O. The van der Waals surface area contributed by atoms with E-state index in [2.05, 4.69) is 26.6 Å². The number of halogens is 1. The number of hydrogen-bond acceptors (Lipinski definition) is 2. The van der Waals surface area contributed by atoms with Gasteiger partial charge in [0.25, 0.3) is 0 Å². The van der Waals surface area contributed by atoms with Crippen LogP contribution in [0.3, 0.4) is 0 Å². The lowest BCUT2D eigenvalue weighted by Crippen LogP contribution is -2.36. The van der Waals surface area contributed by atoms with Crippen molar-refractivity contribution in [1.82, 2.24) is 5.32 Å². The van der Waals surface area contributed by atoms with Crippen LogP contribution in [0.2, 0.25) is 0 Å². The lowest BCUT2D eigenvalue weighted by Gasteiger charge is -2.24. The number of nitrogens with one attached hydrogen (secondary N) is 2. The molecule has 1 aromatic carbocycles. The van der Waals surface area contributed by atoms with E-state index in [9.17, 15) is 4.79 Å². The summed E-state index contributed by atoms with van der Waals surface area (Å²) in [6, 6.07) is 8.01. The number of rotatable bonds is 5. The summed E-state index contributed by atoms with van der Waals surface area (Å²) in [6.07, 6.45) is 3.32. The second-order valence-electron chi connectivity index (χ2n) is 4.36. The summed E-state index contributed by atoms with van der Waals surface area (Å²) in [5, 5.41) is 6.23. The summed E-state index contributed by atoms with van der Waals surface area (Å²) in [5.74, 6) is 0.494. The van der Waals surface area contributed by atoms with Gasteiger partial charge in [0.2, 0.25) is 5.91 Å². The van der Waals surface area contributed by atoms with Crippen molar-refractivity contribution in [3.8, 4) is 0 Å². The van der Waals surface area contributed by atoms with Gasteiger partial charge in [-0.25, -0.2) is 0 Å². The first kappa shape index (κ1) is 12.4. The van der Waals surface area contributed by atoms with Crippen molar-refractivity contribution in [1.29, 1.82) is 0 Å². The Labute approximate surface area is 110 Å². The van der Waals surface area contributed by atoms with Gasteiger partial charge < -0.3 is 10.6 Å².